The van der Waals surface area contributed by atoms with Gasteiger partial charge in [-0.3, -0.25) is 4.72 Å². The summed E-state index contributed by atoms with van der Waals surface area (Å²) < 4.78 is 34.8. The molecule has 0 bridgehead atoms. The Morgan fingerprint density at radius 3 is 2.57 bits per heavy atom. The van der Waals surface area contributed by atoms with Crippen LogP contribution in [0.1, 0.15) is 24.0 Å². The van der Waals surface area contributed by atoms with Crippen LogP contribution in [0.4, 0.5) is 16.4 Å². The SMILES string of the molecule is Cc1cc(NS(=O)(=O)c2ccccc2Cl)cc(C)c1Oc1ncccc1-c1ccnc(NC2CCCN(C(=O)O)C2)n1. The van der Waals surface area contributed by atoms with Crippen LogP contribution in [-0.4, -0.2) is 58.6 Å². The fourth-order valence-corrected chi connectivity index (χ4v) is 6.40. The van der Waals surface area contributed by atoms with Crippen LogP contribution in [-0.2, 0) is 10.0 Å². The largest absolute Gasteiger partial charge is 0.465 e. The molecule has 3 N–H and O–H groups in total. The number of nitrogens with zero attached hydrogens (tertiary/aromatic N) is 4. The molecule has 5 rings (SSSR count). The Bertz CT molecular complexity index is 1710. The van der Waals surface area contributed by atoms with Gasteiger partial charge in [0, 0.05) is 37.2 Å². The van der Waals surface area contributed by atoms with E-state index in [1.54, 1.807) is 48.8 Å². The number of likely N-dealkylation sites (tertiary alicyclic amines) is 1. The minimum atomic E-state index is -3.90. The van der Waals surface area contributed by atoms with E-state index in [1.807, 2.05) is 19.9 Å². The minimum Gasteiger partial charge on any atom is -0.465 e. The Hall–Kier alpha value is -4.42. The number of nitrogens with one attached hydrogen (secondary N) is 2. The monoisotopic (exact) mass is 608 g/mol. The van der Waals surface area contributed by atoms with Crippen molar-refractivity contribution in [1.82, 2.24) is 19.9 Å². The lowest BCUT2D eigenvalue weighted by Gasteiger charge is -2.31. The van der Waals surface area contributed by atoms with Crippen molar-refractivity contribution in [3.05, 3.63) is 83.1 Å². The number of halogens is 1. The minimum absolute atomic E-state index is 0.0122. The number of aromatic nitrogens is 3. The summed E-state index contributed by atoms with van der Waals surface area (Å²) in [5.74, 6) is 1.22. The topological polar surface area (TPSA) is 147 Å². The first-order valence-corrected chi connectivity index (χ1v) is 15.1. The lowest BCUT2D eigenvalue weighted by atomic mass is 10.1. The molecule has 1 aliphatic heterocycles. The molecule has 1 fully saturated rings. The molecule has 1 amide bonds. The number of amides is 1. The first kappa shape index (κ1) is 29.1. The zero-order chi connectivity index (χ0) is 29.9. The maximum Gasteiger partial charge on any atom is 0.407 e. The van der Waals surface area contributed by atoms with E-state index in [0.29, 0.717) is 58.7 Å². The van der Waals surface area contributed by atoms with Gasteiger partial charge in [0.25, 0.3) is 10.0 Å². The van der Waals surface area contributed by atoms with Crippen molar-refractivity contribution < 1.29 is 23.1 Å². The highest BCUT2D eigenvalue weighted by molar-refractivity contribution is 7.92. The second-order valence-electron chi connectivity index (χ2n) is 9.91. The average Bonchev–Trinajstić information content (AvgIpc) is 2.95. The summed E-state index contributed by atoms with van der Waals surface area (Å²) in [5, 5.41) is 12.7. The van der Waals surface area contributed by atoms with E-state index in [9.17, 15) is 18.3 Å². The number of hydrogen-bond acceptors (Lipinski definition) is 8. The number of anilines is 2. The Labute approximate surface area is 248 Å². The summed E-state index contributed by atoms with van der Waals surface area (Å²) in [5.41, 5.74) is 2.94. The molecule has 0 spiro atoms. The lowest BCUT2D eigenvalue weighted by molar-refractivity contribution is 0.132. The fraction of sp³-hybridized carbons (Fsp3) is 0.241. The number of sulfonamides is 1. The standard InChI is InChI=1S/C29H29ClN6O5S/c1-18-15-21(35-42(39,40)25-10-4-3-9-23(25)30)16-19(2)26(18)41-27-22(8-5-12-31-27)24-11-13-32-28(34-24)33-20-7-6-14-36(17-20)29(37)38/h3-5,8-13,15-16,20,35H,6-7,14,17H2,1-2H3,(H,37,38)(H,32,33,34). The molecule has 3 heterocycles. The van der Waals surface area contributed by atoms with Gasteiger partial charge < -0.3 is 20.1 Å². The van der Waals surface area contributed by atoms with Gasteiger partial charge in [0.05, 0.1) is 16.3 Å². The van der Waals surface area contributed by atoms with Gasteiger partial charge in [-0.15, -0.1) is 0 Å². The maximum atomic E-state index is 12.9. The molecule has 1 unspecified atom stereocenters. The predicted octanol–water partition coefficient (Wildman–Crippen LogP) is 5.96. The van der Waals surface area contributed by atoms with Gasteiger partial charge in [0.2, 0.25) is 11.8 Å². The Kier molecular flexibility index (Phi) is 8.46. The Morgan fingerprint density at radius 2 is 1.83 bits per heavy atom. The number of pyridine rings is 1. The maximum absolute atomic E-state index is 12.9. The van der Waals surface area contributed by atoms with Crippen molar-refractivity contribution in [2.75, 3.05) is 23.1 Å². The molecule has 11 nitrogen and oxygen atoms in total. The second kappa shape index (κ2) is 12.2. The van der Waals surface area contributed by atoms with Gasteiger partial charge in [-0.1, -0.05) is 23.7 Å². The number of piperidine rings is 1. The molecule has 42 heavy (non-hydrogen) atoms. The molecule has 218 valence electrons. The first-order chi connectivity index (χ1) is 20.1. The van der Waals surface area contributed by atoms with Crippen LogP contribution in [0.3, 0.4) is 0 Å². The summed E-state index contributed by atoms with van der Waals surface area (Å²) in [7, 11) is -3.90. The number of carbonyl (C=O) groups is 1. The van der Waals surface area contributed by atoms with E-state index < -0.39 is 16.1 Å². The van der Waals surface area contributed by atoms with E-state index in [1.165, 1.54) is 17.0 Å². The molecule has 0 radical (unpaired) electrons. The van der Waals surface area contributed by atoms with Crippen LogP contribution in [0.5, 0.6) is 11.6 Å². The highest BCUT2D eigenvalue weighted by Crippen LogP contribution is 2.36. The summed E-state index contributed by atoms with van der Waals surface area (Å²) in [4.78, 5) is 26.2. The molecule has 0 saturated carbocycles. The van der Waals surface area contributed by atoms with Gasteiger partial charge in [-0.2, -0.15) is 0 Å². The molecule has 2 aromatic heterocycles. The molecule has 0 aliphatic carbocycles. The average molecular weight is 609 g/mol. The Balaban J connectivity index is 1.37. The molecule has 1 atom stereocenters. The highest BCUT2D eigenvalue weighted by Gasteiger charge is 2.24. The molecule has 1 saturated heterocycles. The van der Waals surface area contributed by atoms with Crippen molar-refractivity contribution in [3.63, 3.8) is 0 Å². The number of hydrogen-bond donors (Lipinski definition) is 3. The van der Waals surface area contributed by atoms with Gasteiger partial charge in [-0.05, 0) is 80.3 Å². The van der Waals surface area contributed by atoms with Crippen molar-refractivity contribution in [2.24, 2.45) is 0 Å². The van der Waals surface area contributed by atoms with Crippen molar-refractivity contribution in [1.29, 1.82) is 0 Å². The van der Waals surface area contributed by atoms with Crippen molar-refractivity contribution >= 4 is 39.4 Å². The van der Waals surface area contributed by atoms with Crippen LogP contribution in [0.25, 0.3) is 11.3 Å². The van der Waals surface area contributed by atoms with Crippen molar-refractivity contribution in [3.8, 4) is 22.9 Å². The summed E-state index contributed by atoms with van der Waals surface area (Å²) in [6.07, 6.45) is 3.85. The predicted molar refractivity (Wildman–Crippen MR) is 160 cm³/mol. The Morgan fingerprint density at radius 1 is 1.07 bits per heavy atom. The number of carboxylic acid groups (broad SMARTS) is 1. The van der Waals surface area contributed by atoms with Crippen LogP contribution in [0.2, 0.25) is 5.02 Å². The van der Waals surface area contributed by atoms with Crippen molar-refractivity contribution in [2.45, 2.75) is 37.6 Å². The molecule has 1 aliphatic rings. The van der Waals surface area contributed by atoms with Crippen LogP contribution in [0.15, 0.2) is 71.9 Å². The lowest BCUT2D eigenvalue weighted by Crippen LogP contribution is -2.44. The van der Waals surface area contributed by atoms with Gasteiger partial charge in [-0.25, -0.2) is 28.2 Å². The number of ether oxygens (including phenoxy) is 1. The van der Waals surface area contributed by atoms with Crippen LogP contribution in [0, 0.1) is 13.8 Å². The summed E-state index contributed by atoms with van der Waals surface area (Å²) in [6, 6.07) is 14.8. The summed E-state index contributed by atoms with van der Waals surface area (Å²) >= 11 is 6.11. The molecular formula is C29H29ClN6O5S. The third-order valence-electron chi connectivity index (χ3n) is 6.77. The van der Waals surface area contributed by atoms with Gasteiger partial charge >= 0.3 is 6.09 Å². The molecule has 4 aromatic rings. The van der Waals surface area contributed by atoms with E-state index in [2.05, 4.69) is 25.0 Å². The third kappa shape index (κ3) is 6.55. The van der Waals surface area contributed by atoms with E-state index in [4.69, 9.17) is 16.3 Å². The van der Waals surface area contributed by atoms with Gasteiger partial charge in [0.15, 0.2) is 0 Å². The first-order valence-electron chi connectivity index (χ1n) is 13.2. The zero-order valence-corrected chi connectivity index (χ0v) is 24.5. The number of rotatable bonds is 8. The second-order valence-corrected chi connectivity index (χ2v) is 12.0. The quantitative estimate of drug-likeness (QED) is 0.220. The van der Waals surface area contributed by atoms with E-state index in [-0.39, 0.29) is 16.0 Å². The smallest absolute Gasteiger partial charge is 0.407 e. The molecule has 2 aromatic carbocycles. The third-order valence-corrected chi connectivity index (χ3v) is 8.65. The fourth-order valence-electron chi connectivity index (χ4n) is 4.84. The van der Waals surface area contributed by atoms with Crippen LogP contribution >= 0.6 is 11.6 Å². The zero-order valence-electron chi connectivity index (χ0n) is 22.9. The molecular weight excluding hydrogens is 580 g/mol. The summed E-state index contributed by atoms with van der Waals surface area (Å²) in [6.45, 7) is 4.50. The number of aryl methyl sites for hydroxylation is 2. The highest BCUT2D eigenvalue weighted by atomic mass is 35.5. The van der Waals surface area contributed by atoms with E-state index in [0.717, 1.165) is 12.8 Å². The van der Waals surface area contributed by atoms with Crippen LogP contribution < -0.4 is 14.8 Å². The molecule has 13 heteroatoms. The van der Waals surface area contributed by atoms with E-state index >= 15 is 0 Å². The normalized spacial score (nSPS) is 15.2. The number of benzene rings is 2. The van der Waals surface area contributed by atoms with Gasteiger partial charge in [0.1, 0.15) is 10.6 Å².